The summed E-state index contributed by atoms with van der Waals surface area (Å²) in [5.41, 5.74) is 0.755. The normalized spacial score (nSPS) is 17.3. The van der Waals surface area contributed by atoms with E-state index >= 15 is 0 Å². The number of benzene rings is 1. The van der Waals surface area contributed by atoms with Crippen LogP contribution < -0.4 is 0 Å². The molecule has 140 valence electrons. The van der Waals surface area contributed by atoms with Crippen molar-refractivity contribution in [2.75, 3.05) is 13.6 Å². The fourth-order valence-electron chi connectivity index (χ4n) is 3.08. The summed E-state index contributed by atoms with van der Waals surface area (Å²) in [6.45, 7) is 6.30. The summed E-state index contributed by atoms with van der Waals surface area (Å²) in [5.74, 6) is -0.122. The number of carbonyl (C=O) groups is 2. The molecule has 6 nitrogen and oxygen atoms in total. The molecule has 1 aliphatic rings. The van der Waals surface area contributed by atoms with Gasteiger partial charge in [-0.1, -0.05) is 18.2 Å². The van der Waals surface area contributed by atoms with Gasteiger partial charge in [0.15, 0.2) is 0 Å². The first-order chi connectivity index (χ1) is 12.2. The van der Waals surface area contributed by atoms with Gasteiger partial charge in [0.2, 0.25) is 5.91 Å². The number of nitriles is 1. The fraction of sp³-hybridized carbons (Fsp3) is 0.550. The van der Waals surface area contributed by atoms with Crippen molar-refractivity contribution in [3.63, 3.8) is 0 Å². The van der Waals surface area contributed by atoms with Crippen molar-refractivity contribution in [2.45, 2.75) is 58.2 Å². The minimum atomic E-state index is -0.597. The molecule has 0 aromatic heterocycles. The van der Waals surface area contributed by atoms with Crippen LogP contribution in [0.1, 0.15) is 51.2 Å². The molecule has 1 heterocycles. The number of piperidine rings is 1. The number of rotatable bonds is 3. The van der Waals surface area contributed by atoms with E-state index < -0.39 is 17.7 Å². The molecule has 6 heteroatoms. The molecule has 1 aromatic carbocycles. The standard InChI is InChI=1S/C20H27N3O3/c1-20(2,3)26-19(25)23-12-8-7-11-17(23)18(24)22(4)14-16-10-6-5-9-15(16)13-21/h5-6,9-10,17H,7-8,11-12,14H2,1-4H3/t17-/m0/s1. The van der Waals surface area contributed by atoms with Crippen molar-refractivity contribution in [3.05, 3.63) is 35.4 Å². The van der Waals surface area contributed by atoms with Crippen molar-refractivity contribution in [3.8, 4) is 6.07 Å². The van der Waals surface area contributed by atoms with Gasteiger partial charge >= 0.3 is 6.09 Å². The molecule has 0 bridgehead atoms. The van der Waals surface area contributed by atoms with Gasteiger partial charge in [-0.15, -0.1) is 0 Å². The fourth-order valence-corrected chi connectivity index (χ4v) is 3.08. The van der Waals surface area contributed by atoms with Crippen LogP contribution in [-0.4, -0.2) is 47.0 Å². The zero-order valence-corrected chi connectivity index (χ0v) is 16.0. The zero-order valence-electron chi connectivity index (χ0n) is 16.0. The summed E-state index contributed by atoms with van der Waals surface area (Å²) in [7, 11) is 1.71. The molecule has 1 aromatic rings. The third-order valence-corrected chi connectivity index (χ3v) is 4.34. The van der Waals surface area contributed by atoms with Crippen LogP contribution in [0.4, 0.5) is 4.79 Å². The Labute approximate surface area is 155 Å². The number of nitrogens with zero attached hydrogens (tertiary/aromatic N) is 3. The average molecular weight is 357 g/mol. The smallest absolute Gasteiger partial charge is 0.410 e. The van der Waals surface area contributed by atoms with Gasteiger partial charge in [-0.25, -0.2) is 4.79 Å². The van der Waals surface area contributed by atoms with Crippen molar-refractivity contribution < 1.29 is 14.3 Å². The number of ether oxygens (including phenoxy) is 1. The van der Waals surface area contributed by atoms with Gasteiger partial charge in [0.25, 0.3) is 0 Å². The van der Waals surface area contributed by atoms with Crippen molar-refractivity contribution >= 4 is 12.0 Å². The van der Waals surface area contributed by atoms with Crippen LogP contribution in [-0.2, 0) is 16.1 Å². The molecule has 2 amide bonds. The lowest BCUT2D eigenvalue weighted by atomic mass is 10.0. The molecule has 26 heavy (non-hydrogen) atoms. The average Bonchev–Trinajstić information content (AvgIpc) is 2.60. The minimum Gasteiger partial charge on any atom is -0.444 e. The molecular weight excluding hydrogens is 330 g/mol. The van der Waals surface area contributed by atoms with Crippen LogP contribution in [0.3, 0.4) is 0 Å². The molecule has 1 saturated heterocycles. The molecule has 0 unspecified atom stereocenters. The van der Waals surface area contributed by atoms with Gasteiger partial charge in [-0.3, -0.25) is 9.69 Å². The SMILES string of the molecule is CN(Cc1ccccc1C#N)C(=O)[C@@H]1CCCCN1C(=O)OC(C)(C)C. The lowest BCUT2D eigenvalue weighted by molar-refractivity contribution is -0.137. The molecule has 0 radical (unpaired) electrons. The summed E-state index contributed by atoms with van der Waals surface area (Å²) in [5, 5.41) is 9.22. The highest BCUT2D eigenvalue weighted by atomic mass is 16.6. The van der Waals surface area contributed by atoms with Crippen molar-refractivity contribution in [2.24, 2.45) is 0 Å². The van der Waals surface area contributed by atoms with E-state index in [1.54, 1.807) is 29.0 Å². The Kier molecular flexibility index (Phi) is 6.25. The molecule has 1 atom stereocenters. The highest BCUT2D eigenvalue weighted by Gasteiger charge is 2.36. The van der Waals surface area contributed by atoms with Crippen molar-refractivity contribution in [1.82, 2.24) is 9.80 Å². The van der Waals surface area contributed by atoms with Crippen LogP contribution in [0, 0.1) is 11.3 Å². The minimum absolute atomic E-state index is 0.122. The largest absolute Gasteiger partial charge is 0.444 e. The van der Waals surface area contributed by atoms with E-state index in [1.807, 2.05) is 32.9 Å². The second-order valence-electron chi connectivity index (χ2n) is 7.65. The Morgan fingerprint density at radius 2 is 2.00 bits per heavy atom. The molecule has 0 saturated carbocycles. The summed E-state index contributed by atoms with van der Waals surface area (Å²) in [6, 6.07) is 8.86. The number of carbonyl (C=O) groups excluding carboxylic acids is 2. The van der Waals surface area contributed by atoms with E-state index in [0.717, 1.165) is 18.4 Å². The van der Waals surface area contributed by atoms with Crippen LogP contribution in [0.15, 0.2) is 24.3 Å². The summed E-state index contributed by atoms with van der Waals surface area (Å²) in [6.07, 6.45) is 1.95. The van der Waals surface area contributed by atoms with Gasteiger partial charge in [0.1, 0.15) is 11.6 Å². The summed E-state index contributed by atoms with van der Waals surface area (Å²) in [4.78, 5) is 28.6. The maximum Gasteiger partial charge on any atom is 0.410 e. The van der Waals surface area contributed by atoms with Gasteiger partial charge in [0.05, 0.1) is 11.6 Å². The summed E-state index contributed by atoms with van der Waals surface area (Å²) < 4.78 is 5.47. The Hall–Kier alpha value is -2.55. The van der Waals surface area contributed by atoms with Gasteiger partial charge in [0, 0.05) is 20.1 Å². The Morgan fingerprint density at radius 3 is 2.65 bits per heavy atom. The van der Waals surface area contributed by atoms with Gasteiger partial charge < -0.3 is 9.64 Å². The van der Waals surface area contributed by atoms with Crippen LogP contribution in [0.2, 0.25) is 0 Å². The number of hydrogen-bond acceptors (Lipinski definition) is 4. The third kappa shape index (κ3) is 4.98. The molecule has 2 rings (SSSR count). The zero-order chi connectivity index (χ0) is 19.3. The lowest BCUT2D eigenvalue weighted by Gasteiger charge is -2.37. The second-order valence-corrected chi connectivity index (χ2v) is 7.65. The Morgan fingerprint density at radius 1 is 1.31 bits per heavy atom. The number of likely N-dealkylation sites (tertiary alicyclic amines) is 1. The van der Waals surface area contributed by atoms with E-state index in [9.17, 15) is 14.9 Å². The van der Waals surface area contributed by atoms with E-state index in [4.69, 9.17) is 4.74 Å². The maximum absolute atomic E-state index is 13.0. The quantitative estimate of drug-likeness (QED) is 0.832. The Balaban J connectivity index is 2.12. The Bertz CT molecular complexity index is 703. The molecule has 1 aliphatic heterocycles. The second kappa shape index (κ2) is 8.22. The van der Waals surface area contributed by atoms with Crippen LogP contribution in [0.5, 0.6) is 0 Å². The number of amides is 2. The predicted molar refractivity (Wildman–Crippen MR) is 98.2 cm³/mol. The lowest BCUT2D eigenvalue weighted by Crippen LogP contribution is -2.53. The van der Waals surface area contributed by atoms with Gasteiger partial charge in [-0.05, 0) is 51.7 Å². The van der Waals surface area contributed by atoms with E-state index in [2.05, 4.69) is 6.07 Å². The molecule has 0 spiro atoms. The highest BCUT2D eigenvalue weighted by Crippen LogP contribution is 2.22. The third-order valence-electron chi connectivity index (χ3n) is 4.34. The molecule has 0 aliphatic carbocycles. The summed E-state index contributed by atoms with van der Waals surface area (Å²) >= 11 is 0. The van der Waals surface area contributed by atoms with Gasteiger partial charge in [-0.2, -0.15) is 5.26 Å². The van der Waals surface area contributed by atoms with Crippen LogP contribution in [0.25, 0.3) is 0 Å². The van der Waals surface area contributed by atoms with E-state index in [-0.39, 0.29) is 5.91 Å². The topological polar surface area (TPSA) is 73.6 Å². The first kappa shape index (κ1) is 19.8. The molecule has 0 N–H and O–H groups in total. The monoisotopic (exact) mass is 357 g/mol. The number of hydrogen-bond donors (Lipinski definition) is 0. The molecular formula is C20H27N3O3. The van der Waals surface area contributed by atoms with E-state index in [0.29, 0.717) is 25.1 Å². The van der Waals surface area contributed by atoms with E-state index in [1.165, 1.54) is 0 Å². The first-order valence-electron chi connectivity index (χ1n) is 8.95. The highest BCUT2D eigenvalue weighted by molar-refractivity contribution is 5.86. The molecule has 1 fully saturated rings. The van der Waals surface area contributed by atoms with Crippen LogP contribution >= 0.6 is 0 Å². The predicted octanol–water partition coefficient (Wildman–Crippen LogP) is 3.31. The van der Waals surface area contributed by atoms with Crippen molar-refractivity contribution in [1.29, 1.82) is 5.26 Å². The maximum atomic E-state index is 13.0. The number of likely N-dealkylation sites (N-methyl/N-ethyl adjacent to an activating group) is 1. The first-order valence-corrected chi connectivity index (χ1v) is 8.95.